The summed E-state index contributed by atoms with van der Waals surface area (Å²) in [5.41, 5.74) is 6.35. The molecule has 0 radical (unpaired) electrons. The molecule has 2 aromatic carbocycles. The molecule has 0 spiro atoms. The highest BCUT2D eigenvalue weighted by atomic mass is 16.7. The van der Waals surface area contributed by atoms with E-state index in [9.17, 15) is 5.21 Å². The third kappa shape index (κ3) is 5.71. The number of aromatic amines is 1. The number of pyridine rings is 1. The van der Waals surface area contributed by atoms with Gasteiger partial charge in [0.2, 0.25) is 6.29 Å². The van der Waals surface area contributed by atoms with Crippen LogP contribution in [0.1, 0.15) is 43.1 Å². The maximum Gasteiger partial charge on any atom is 0.202 e. The Labute approximate surface area is 226 Å². The molecule has 0 unspecified atom stereocenters. The fourth-order valence-electron chi connectivity index (χ4n) is 4.77. The molecule has 1 N–H and O–H groups in total. The van der Waals surface area contributed by atoms with Crippen molar-refractivity contribution in [2.45, 2.75) is 39.0 Å². The zero-order chi connectivity index (χ0) is 27.2. The fraction of sp³-hybridized carbons (Fsp3) is 0.276. The predicted molar refractivity (Wildman–Crippen MR) is 146 cm³/mol. The lowest BCUT2D eigenvalue weighted by atomic mass is 9.90. The SMILES string of the molecule is CCCCc1nc(C(OC)OC)cn1Cc1ccc(-c2ccccc2-c2nnn[nH]2)c(-c2ccc[n+]([O-])c2)c1. The molecule has 0 aliphatic heterocycles. The summed E-state index contributed by atoms with van der Waals surface area (Å²) in [5.74, 6) is 1.56. The summed E-state index contributed by atoms with van der Waals surface area (Å²) in [6, 6.07) is 18.0. The summed E-state index contributed by atoms with van der Waals surface area (Å²) in [6.07, 6.45) is 7.50. The number of rotatable bonds is 11. The number of unbranched alkanes of at least 4 members (excludes halogenated alkanes) is 1. The van der Waals surface area contributed by atoms with E-state index < -0.39 is 6.29 Å². The van der Waals surface area contributed by atoms with Crippen molar-refractivity contribution in [3.05, 3.63) is 95.5 Å². The predicted octanol–water partition coefficient (Wildman–Crippen LogP) is 4.71. The van der Waals surface area contributed by atoms with Crippen LogP contribution in [0.2, 0.25) is 0 Å². The van der Waals surface area contributed by atoms with Gasteiger partial charge in [0, 0.05) is 50.6 Å². The van der Waals surface area contributed by atoms with E-state index in [4.69, 9.17) is 14.5 Å². The number of methoxy groups -OCH3 is 2. The minimum absolute atomic E-state index is 0.525. The monoisotopic (exact) mass is 525 g/mol. The van der Waals surface area contributed by atoms with E-state index in [0.29, 0.717) is 12.4 Å². The standard InChI is InChI=1S/C29H31N7O3/c1-4-5-12-27-30-26(29(38-2)39-3)19-35(27)17-20-13-14-23(25(16-20)21-9-8-15-36(37)18-21)22-10-6-7-11-24(22)28-31-33-34-32-28/h6-11,13-16,18-19,29H,4-5,12,17H2,1-3H3,(H,31,32,33,34). The second kappa shape index (κ2) is 12.0. The van der Waals surface area contributed by atoms with E-state index in [2.05, 4.69) is 50.3 Å². The van der Waals surface area contributed by atoms with Gasteiger partial charge in [0.1, 0.15) is 11.5 Å². The molecule has 0 amide bonds. The zero-order valence-electron chi connectivity index (χ0n) is 22.2. The largest absolute Gasteiger partial charge is 0.619 e. The molecule has 10 nitrogen and oxygen atoms in total. The summed E-state index contributed by atoms with van der Waals surface area (Å²) in [4.78, 5) is 4.83. The van der Waals surface area contributed by atoms with Crippen LogP contribution in [-0.2, 0) is 22.4 Å². The van der Waals surface area contributed by atoms with Gasteiger partial charge in [-0.15, -0.1) is 5.10 Å². The number of nitrogens with one attached hydrogen (secondary N) is 1. The van der Waals surface area contributed by atoms with Crippen molar-refractivity contribution in [2.75, 3.05) is 14.2 Å². The van der Waals surface area contributed by atoms with Gasteiger partial charge in [-0.1, -0.05) is 49.7 Å². The molecule has 0 aliphatic rings. The van der Waals surface area contributed by atoms with Crippen LogP contribution in [0.15, 0.2) is 73.2 Å². The van der Waals surface area contributed by atoms with Crippen LogP contribution in [0.5, 0.6) is 0 Å². The maximum atomic E-state index is 12.3. The van der Waals surface area contributed by atoms with Crippen molar-refractivity contribution >= 4 is 0 Å². The number of imidazole rings is 1. The molecule has 0 saturated heterocycles. The number of H-pyrrole nitrogens is 1. The number of hydrogen-bond acceptors (Lipinski definition) is 7. The molecule has 3 aromatic heterocycles. The minimum Gasteiger partial charge on any atom is -0.619 e. The van der Waals surface area contributed by atoms with E-state index in [-0.39, 0.29) is 0 Å². The van der Waals surface area contributed by atoms with Crippen molar-refractivity contribution in [2.24, 2.45) is 0 Å². The van der Waals surface area contributed by atoms with Crippen molar-refractivity contribution < 1.29 is 14.2 Å². The highest BCUT2D eigenvalue weighted by molar-refractivity contribution is 5.90. The molecule has 3 heterocycles. The smallest absolute Gasteiger partial charge is 0.202 e. The van der Waals surface area contributed by atoms with Crippen LogP contribution in [0.3, 0.4) is 0 Å². The molecule has 200 valence electrons. The van der Waals surface area contributed by atoms with E-state index in [1.54, 1.807) is 26.5 Å². The molecule has 0 aliphatic carbocycles. The second-order valence-electron chi connectivity index (χ2n) is 9.24. The van der Waals surface area contributed by atoms with Crippen LogP contribution < -0.4 is 4.73 Å². The van der Waals surface area contributed by atoms with Gasteiger partial charge in [0.25, 0.3) is 0 Å². The minimum atomic E-state index is -0.525. The Hall–Kier alpha value is -4.41. The molecule has 5 rings (SSSR count). The highest BCUT2D eigenvalue weighted by Crippen LogP contribution is 2.37. The van der Waals surface area contributed by atoms with Crippen molar-refractivity contribution in [1.82, 2.24) is 30.2 Å². The molecule has 0 bridgehead atoms. The average molecular weight is 526 g/mol. The second-order valence-corrected chi connectivity index (χ2v) is 9.24. The maximum absolute atomic E-state index is 12.3. The van der Waals surface area contributed by atoms with E-state index in [0.717, 1.165) is 68.9 Å². The molecule has 39 heavy (non-hydrogen) atoms. The van der Waals surface area contributed by atoms with Crippen molar-refractivity contribution in [1.29, 1.82) is 0 Å². The lowest BCUT2D eigenvalue weighted by Crippen LogP contribution is -2.24. The van der Waals surface area contributed by atoms with Gasteiger partial charge in [-0.05, 0) is 51.2 Å². The summed E-state index contributed by atoms with van der Waals surface area (Å²) in [6.45, 7) is 2.78. The van der Waals surface area contributed by atoms with E-state index in [1.807, 2.05) is 36.5 Å². The van der Waals surface area contributed by atoms with Gasteiger partial charge in [-0.25, -0.2) is 10.1 Å². The van der Waals surface area contributed by atoms with Gasteiger partial charge in [-0.2, -0.15) is 4.73 Å². The molecule has 5 aromatic rings. The first-order valence-corrected chi connectivity index (χ1v) is 12.9. The summed E-state index contributed by atoms with van der Waals surface area (Å²) < 4.78 is 13.9. The van der Waals surface area contributed by atoms with Crippen LogP contribution in [-0.4, -0.2) is 44.4 Å². The van der Waals surface area contributed by atoms with Crippen LogP contribution in [0, 0.1) is 5.21 Å². The van der Waals surface area contributed by atoms with Gasteiger partial charge in [0.05, 0.1) is 0 Å². The Morgan fingerprint density at radius 2 is 1.79 bits per heavy atom. The Morgan fingerprint density at radius 1 is 1.00 bits per heavy atom. The molecule has 0 fully saturated rings. The third-order valence-electron chi connectivity index (χ3n) is 6.64. The Balaban J connectivity index is 1.60. The normalized spacial score (nSPS) is 11.4. The number of aryl methyl sites for hydroxylation is 1. The summed E-state index contributed by atoms with van der Waals surface area (Å²) >= 11 is 0. The molecule has 0 atom stereocenters. The first kappa shape index (κ1) is 26.2. The Bertz CT molecular complexity index is 1530. The number of tetrazole rings is 1. The van der Waals surface area contributed by atoms with E-state index >= 15 is 0 Å². The van der Waals surface area contributed by atoms with Gasteiger partial charge >= 0.3 is 0 Å². The lowest BCUT2D eigenvalue weighted by Gasteiger charge is -2.15. The Kier molecular flexibility index (Phi) is 8.04. The Morgan fingerprint density at radius 3 is 2.51 bits per heavy atom. The van der Waals surface area contributed by atoms with Gasteiger partial charge in [0.15, 0.2) is 18.2 Å². The zero-order valence-corrected chi connectivity index (χ0v) is 22.2. The quantitative estimate of drug-likeness (QED) is 0.151. The lowest BCUT2D eigenvalue weighted by molar-refractivity contribution is -0.604. The first-order chi connectivity index (χ1) is 19.1. The molecule has 0 saturated carbocycles. The van der Waals surface area contributed by atoms with Crippen molar-refractivity contribution in [3.8, 4) is 33.6 Å². The highest BCUT2D eigenvalue weighted by Gasteiger charge is 2.19. The molecule has 10 heteroatoms. The topological polar surface area (TPSA) is 118 Å². The third-order valence-corrected chi connectivity index (χ3v) is 6.64. The first-order valence-electron chi connectivity index (χ1n) is 12.9. The van der Waals surface area contributed by atoms with Gasteiger partial charge < -0.3 is 19.2 Å². The molecular formula is C29H31N7O3. The molecular weight excluding hydrogens is 494 g/mol. The van der Waals surface area contributed by atoms with Crippen LogP contribution in [0.4, 0.5) is 0 Å². The number of benzene rings is 2. The average Bonchev–Trinajstić information content (AvgIpc) is 3.63. The van der Waals surface area contributed by atoms with E-state index in [1.165, 1.54) is 6.20 Å². The summed E-state index contributed by atoms with van der Waals surface area (Å²) in [5, 5.41) is 26.7. The van der Waals surface area contributed by atoms with Gasteiger partial charge in [-0.3, -0.25) is 0 Å². The van der Waals surface area contributed by atoms with Crippen LogP contribution in [0.25, 0.3) is 33.6 Å². The fourth-order valence-corrected chi connectivity index (χ4v) is 4.77. The van der Waals surface area contributed by atoms with Crippen LogP contribution >= 0.6 is 0 Å². The number of hydrogen-bond donors (Lipinski definition) is 1. The van der Waals surface area contributed by atoms with Crippen molar-refractivity contribution in [3.63, 3.8) is 0 Å². The number of nitrogens with zero attached hydrogens (tertiary/aromatic N) is 6. The number of aromatic nitrogens is 7. The number of ether oxygens (including phenoxy) is 2. The summed E-state index contributed by atoms with van der Waals surface area (Å²) in [7, 11) is 3.22.